The Balaban J connectivity index is 0.00000312. The lowest BCUT2D eigenvalue weighted by molar-refractivity contribution is -0.117. The quantitative estimate of drug-likeness (QED) is 0.390. The summed E-state index contributed by atoms with van der Waals surface area (Å²) in [5.41, 5.74) is 9.58. The van der Waals surface area contributed by atoms with Gasteiger partial charge in [-0.3, -0.25) is 14.8 Å². The smallest absolute Gasteiger partial charge is 0.274 e. The summed E-state index contributed by atoms with van der Waals surface area (Å²) in [4.78, 5) is 22.7. The van der Waals surface area contributed by atoms with Gasteiger partial charge in [0.25, 0.3) is 5.91 Å². The number of nitrogens with one attached hydrogen (secondary N) is 2. The fourth-order valence-electron chi connectivity index (χ4n) is 1.81. The molecule has 0 saturated heterocycles. The second-order valence-corrected chi connectivity index (χ2v) is 5.12. The molecule has 0 aliphatic heterocycles. The summed E-state index contributed by atoms with van der Waals surface area (Å²) in [6, 6.07) is 13.0. The second-order valence-electron chi connectivity index (χ2n) is 5.12. The van der Waals surface area contributed by atoms with Crippen molar-refractivity contribution in [2.45, 2.75) is 20.4 Å². The molecule has 2 amide bonds. The molecule has 0 fully saturated rings. The van der Waals surface area contributed by atoms with Crippen LogP contribution in [0.25, 0.3) is 0 Å². The second kappa shape index (κ2) is 9.23. The van der Waals surface area contributed by atoms with Gasteiger partial charge in [0.05, 0.1) is 6.04 Å². The maximum atomic E-state index is 11.5. The lowest BCUT2D eigenvalue weighted by atomic mass is 10.1. The molecule has 0 aliphatic carbocycles. The highest BCUT2D eigenvalue weighted by atomic mass is 16.5. The first kappa shape index (κ1) is 19.9. The first-order chi connectivity index (χ1) is 11.5. The molecule has 0 unspecified atom stereocenters. The maximum Gasteiger partial charge on any atom is 0.274 e. The summed E-state index contributed by atoms with van der Waals surface area (Å²) in [6.07, 6.45) is 0. The zero-order valence-corrected chi connectivity index (χ0v) is 13.0. The van der Waals surface area contributed by atoms with E-state index in [1.165, 1.54) is 0 Å². The molecule has 6 nitrogen and oxygen atoms in total. The first-order valence-electron chi connectivity index (χ1n) is 7.22. The normalized spacial score (nSPS) is 10.5. The van der Waals surface area contributed by atoms with E-state index in [2.05, 4.69) is 17.2 Å². The zero-order chi connectivity index (χ0) is 17.5. The lowest BCUT2D eigenvalue weighted by Crippen LogP contribution is -2.32. The minimum Gasteiger partial charge on any atom is -0.325 e. The van der Waals surface area contributed by atoms with Gasteiger partial charge in [0.1, 0.15) is 0 Å². The van der Waals surface area contributed by atoms with E-state index >= 15 is 0 Å². The van der Waals surface area contributed by atoms with Crippen molar-refractivity contribution in [2.75, 3.05) is 5.32 Å². The van der Waals surface area contributed by atoms with Gasteiger partial charge in [0.15, 0.2) is 0 Å². The number of amides is 2. The highest BCUT2D eigenvalue weighted by Crippen LogP contribution is 2.09. The minimum absolute atomic E-state index is 0. The highest BCUT2D eigenvalue weighted by molar-refractivity contribution is 5.94. The average Bonchev–Trinajstić information content (AvgIpc) is 2.60. The Morgan fingerprint density at radius 2 is 1.48 bits per heavy atom. The predicted octanol–water partition coefficient (Wildman–Crippen LogP) is 2.13. The third-order valence-corrected chi connectivity index (χ3v) is 3.17. The van der Waals surface area contributed by atoms with Crippen LogP contribution in [0.3, 0.4) is 0 Å². The van der Waals surface area contributed by atoms with E-state index in [1.807, 2.05) is 0 Å². The van der Waals surface area contributed by atoms with Crippen molar-refractivity contribution in [3.8, 4) is 11.8 Å². The van der Waals surface area contributed by atoms with Crippen LogP contribution in [0.1, 0.15) is 35.8 Å². The van der Waals surface area contributed by atoms with Crippen LogP contribution in [-0.4, -0.2) is 23.1 Å². The van der Waals surface area contributed by atoms with Crippen LogP contribution in [0.5, 0.6) is 0 Å². The van der Waals surface area contributed by atoms with Crippen molar-refractivity contribution in [3.63, 3.8) is 0 Å². The van der Waals surface area contributed by atoms with Gasteiger partial charge in [-0.25, -0.2) is 5.48 Å². The predicted molar refractivity (Wildman–Crippen MR) is 97.1 cm³/mol. The Morgan fingerprint density at radius 1 is 1.00 bits per heavy atom. The third kappa shape index (κ3) is 5.77. The topological polar surface area (TPSA) is 104 Å². The molecular formula is C19H21N3O3. The number of anilines is 1. The Hall–Kier alpha value is -3.14. The average molecular weight is 339 g/mol. The number of hydrogen-bond donors (Lipinski definition) is 4. The van der Waals surface area contributed by atoms with Crippen molar-refractivity contribution in [2.24, 2.45) is 5.73 Å². The molecule has 0 spiro atoms. The highest BCUT2D eigenvalue weighted by Gasteiger charge is 2.06. The molecule has 0 heterocycles. The maximum absolute atomic E-state index is 11.5. The molecule has 0 aliphatic rings. The van der Waals surface area contributed by atoms with Crippen molar-refractivity contribution < 1.29 is 14.8 Å². The van der Waals surface area contributed by atoms with Crippen molar-refractivity contribution in [3.05, 3.63) is 65.2 Å². The van der Waals surface area contributed by atoms with Crippen LogP contribution in [0.15, 0.2) is 48.5 Å². The van der Waals surface area contributed by atoms with E-state index in [0.29, 0.717) is 11.3 Å². The van der Waals surface area contributed by atoms with Crippen LogP contribution in [0.2, 0.25) is 0 Å². The molecular weight excluding hydrogens is 318 g/mol. The minimum atomic E-state index is -0.570. The van der Waals surface area contributed by atoms with Gasteiger partial charge in [0.2, 0.25) is 5.91 Å². The zero-order valence-electron chi connectivity index (χ0n) is 13.0. The number of benzene rings is 2. The summed E-state index contributed by atoms with van der Waals surface area (Å²) in [6.45, 7) is 1.62. The molecule has 0 bridgehead atoms. The molecule has 2 rings (SSSR count). The Labute approximate surface area is 147 Å². The van der Waals surface area contributed by atoms with Crippen LogP contribution < -0.4 is 16.5 Å². The van der Waals surface area contributed by atoms with E-state index in [1.54, 1.807) is 60.9 Å². The SMILES string of the molecule is C.C[C@H](N)C(=O)Nc1ccc(C#Cc2ccc(C(=O)NO)cc2)cc1. The number of carbonyl (C=O) groups is 2. The summed E-state index contributed by atoms with van der Waals surface area (Å²) in [7, 11) is 0. The van der Waals surface area contributed by atoms with Gasteiger partial charge in [-0.1, -0.05) is 19.3 Å². The Morgan fingerprint density at radius 3 is 1.92 bits per heavy atom. The summed E-state index contributed by atoms with van der Waals surface area (Å²) in [5, 5.41) is 11.3. The molecule has 0 saturated carbocycles. The van der Waals surface area contributed by atoms with Crippen LogP contribution in [0, 0.1) is 11.8 Å². The number of nitrogens with two attached hydrogens (primary N) is 1. The van der Waals surface area contributed by atoms with Gasteiger partial charge in [0, 0.05) is 22.4 Å². The molecule has 6 heteroatoms. The number of carbonyl (C=O) groups excluding carboxylic acids is 2. The molecule has 2 aromatic rings. The van der Waals surface area contributed by atoms with Crippen molar-refractivity contribution in [1.29, 1.82) is 0 Å². The van der Waals surface area contributed by atoms with E-state index in [4.69, 9.17) is 10.9 Å². The fraction of sp³-hybridized carbons (Fsp3) is 0.158. The summed E-state index contributed by atoms with van der Waals surface area (Å²) in [5.74, 6) is 5.14. The number of hydroxylamine groups is 1. The van der Waals surface area contributed by atoms with Crippen molar-refractivity contribution >= 4 is 17.5 Å². The van der Waals surface area contributed by atoms with Crippen LogP contribution in [-0.2, 0) is 4.79 Å². The van der Waals surface area contributed by atoms with Gasteiger partial charge in [-0.05, 0) is 55.5 Å². The van der Waals surface area contributed by atoms with Gasteiger partial charge in [-0.15, -0.1) is 0 Å². The number of hydrogen-bond acceptors (Lipinski definition) is 4. The van der Waals surface area contributed by atoms with Gasteiger partial charge < -0.3 is 11.1 Å². The lowest BCUT2D eigenvalue weighted by Gasteiger charge is -2.07. The molecule has 1 atom stereocenters. The van der Waals surface area contributed by atoms with Crippen LogP contribution >= 0.6 is 0 Å². The monoisotopic (exact) mass is 339 g/mol. The first-order valence-corrected chi connectivity index (χ1v) is 7.22. The Kier molecular flexibility index (Phi) is 7.35. The molecule has 130 valence electrons. The number of rotatable bonds is 3. The van der Waals surface area contributed by atoms with E-state index in [-0.39, 0.29) is 13.3 Å². The van der Waals surface area contributed by atoms with Crippen LogP contribution in [0.4, 0.5) is 5.69 Å². The standard InChI is InChI=1S/C18H17N3O3.CH4/c1-12(19)17(22)20-16-10-6-14(7-11-16)3-2-13-4-8-15(9-5-13)18(23)21-24;/h4-12,24H,19H2,1H3,(H,20,22)(H,21,23);1H4/t12-;/m0./s1. The van der Waals surface area contributed by atoms with Crippen molar-refractivity contribution in [1.82, 2.24) is 5.48 Å². The van der Waals surface area contributed by atoms with E-state index in [0.717, 1.165) is 11.1 Å². The molecule has 2 aromatic carbocycles. The van der Waals surface area contributed by atoms with E-state index < -0.39 is 11.9 Å². The fourth-order valence-corrected chi connectivity index (χ4v) is 1.81. The largest absolute Gasteiger partial charge is 0.325 e. The Bertz CT molecular complexity index is 785. The van der Waals surface area contributed by atoms with Gasteiger partial charge in [-0.2, -0.15) is 0 Å². The third-order valence-electron chi connectivity index (χ3n) is 3.17. The van der Waals surface area contributed by atoms with E-state index in [9.17, 15) is 9.59 Å². The summed E-state index contributed by atoms with van der Waals surface area (Å²) >= 11 is 0. The summed E-state index contributed by atoms with van der Waals surface area (Å²) < 4.78 is 0. The molecule has 5 N–H and O–H groups in total. The molecule has 0 aromatic heterocycles. The van der Waals surface area contributed by atoms with Gasteiger partial charge >= 0.3 is 0 Å². The molecule has 0 radical (unpaired) electrons. The molecule has 25 heavy (non-hydrogen) atoms.